The lowest BCUT2D eigenvalue weighted by atomic mass is 9.74. The molecular formula is C16H27NO4. The van der Waals surface area contributed by atoms with Gasteiger partial charge in [0.25, 0.3) is 0 Å². The second-order valence-electron chi connectivity index (χ2n) is 8.41. The minimum Gasteiger partial charge on any atom is -0.481 e. The van der Waals surface area contributed by atoms with Gasteiger partial charge < -0.3 is 15.2 Å². The smallest absolute Gasteiger partial charge is 0.408 e. The van der Waals surface area contributed by atoms with Gasteiger partial charge in [-0.25, -0.2) is 4.79 Å². The van der Waals surface area contributed by atoms with Gasteiger partial charge in [-0.3, -0.25) is 4.79 Å². The first-order valence-corrected chi connectivity index (χ1v) is 7.61. The highest BCUT2D eigenvalue weighted by molar-refractivity contribution is 5.75. The summed E-state index contributed by atoms with van der Waals surface area (Å²) < 4.78 is 5.29. The van der Waals surface area contributed by atoms with Gasteiger partial charge in [0.15, 0.2) is 0 Å². The Balaban J connectivity index is 2.14. The predicted molar refractivity (Wildman–Crippen MR) is 78.9 cm³/mol. The van der Waals surface area contributed by atoms with Crippen LogP contribution in [0.4, 0.5) is 4.79 Å². The first-order valence-electron chi connectivity index (χ1n) is 7.61. The minimum atomic E-state index is -0.838. The zero-order valence-corrected chi connectivity index (χ0v) is 13.8. The lowest BCUT2D eigenvalue weighted by molar-refractivity contribution is -0.146. The molecule has 5 nitrogen and oxygen atoms in total. The number of carbonyl (C=O) groups is 2. The van der Waals surface area contributed by atoms with E-state index in [1.54, 1.807) is 20.8 Å². The van der Waals surface area contributed by atoms with Gasteiger partial charge in [0.05, 0.1) is 11.5 Å². The number of hydrogen-bond acceptors (Lipinski definition) is 3. The lowest BCUT2D eigenvalue weighted by Crippen LogP contribution is -2.56. The molecule has 5 heteroatoms. The zero-order chi connectivity index (χ0) is 16.2. The Bertz CT molecular complexity index is 465. The van der Waals surface area contributed by atoms with Gasteiger partial charge in [-0.2, -0.15) is 0 Å². The Morgan fingerprint density at radius 2 is 1.76 bits per heavy atom. The van der Waals surface area contributed by atoms with Crippen LogP contribution >= 0.6 is 0 Å². The normalized spacial score (nSPS) is 37.3. The third-order valence-electron chi connectivity index (χ3n) is 5.28. The SMILES string of the molecule is CC(C)(C)OC(=O)N[C@@]1(C)C[C@H]2C(C[C@H]1C(=O)O)C2(C)C. The van der Waals surface area contributed by atoms with Crippen molar-refractivity contribution in [1.82, 2.24) is 5.32 Å². The maximum atomic E-state index is 12.1. The number of rotatable bonds is 2. The molecular weight excluding hydrogens is 270 g/mol. The topological polar surface area (TPSA) is 75.6 Å². The molecule has 2 aliphatic rings. The standard InChI is InChI=1S/C16H27NO4/c1-14(2,3)21-13(20)17-16(6)8-11-9(15(11,4)5)7-10(16)12(18)19/h9-11H,7-8H2,1-6H3,(H,17,20)(H,18,19)/t9?,10-,11-,16-/m0/s1. The van der Waals surface area contributed by atoms with E-state index in [-0.39, 0.29) is 5.41 Å². The summed E-state index contributed by atoms with van der Waals surface area (Å²) in [7, 11) is 0. The van der Waals surface area contributed by atoms with Crippen LogP contribution in [0.25, 0.3) is 0 Å². The van der Waals surface area contributed by atoms with Crippen molar-refractivity contribution < 1.29 is 19.4 Å². The van der Waals surface area contributed by atoms with Gasteiger partial charge >= 0.3 is 12.1 Å². The highest BCUT2D eigenvalue weighted by Crippen LogP contribution is 2.67. The molecule has 4 atom stereocenters. The van der Waals surface area contributed by atoms with Crippen molar-refractivity contribution in [3.63, 3.8) is 0 Å². The molecule has 0 aromatic rings. The molecule has 0 saturated heterocycles. The number of ether oxygens (including phenoxy) is 1. The Hall–Kier alpha value is -1.26. The molecule has 2 saturated carbocycles. The van der Waals surface area contributed by atoms with Gasteiger partial charge in [0.2, 0.25) is 0 Å². The molecule has 0 radical (unpaired) electrons. The van der Waals surface area contributed by atoms with Gasteiger partial charge in [0, 0.05) is 0 Å². The molecule has 0 aliphatic heterocycles. The van der Waals surface area contributed by atoms with Gasteiger partial charge in [0.1, 0.15) is 5.60 Å². The summed E-state index contributed by atoms with van der Waals surface area (Å²) in [5, 5.41) is 12.4. The van der Waals surface area contributed by atoms with Crippen molar-refractivity contribution >= 4 is 12.1 Å². The largest absolute Gasteiger partial charge is 0.481 e. The van der Waals surface area contributed by atoms with Crippen molar-refractivity contribution in [1.29, 1.82) is 0 Å². The van der Waals surface area contributed by atoms with E-state index >= 15 is 0 Å². The highest BCUT2D eigenvalue weighted by atomic mass is 16.6. The van der Waals surface area contributed by atoms with E-state index in [4.69, 9.17) is 4.74 Å². The number of amides is 1. The van der Waals surface area contributed by atoms with Crippen molar-refractivity contribution in [2.24, 2.45) is 23.2 Å². The van der Waals surface area contributed by atoms with E-state index in [2.05, 4.69) is 19.2 Å². The van der Waals surface area contributed by atoms with Crippen LogP contribution in [0.2, 0.25) is 0 Å². The molecule has 120 valence electrons. The lowest BCUT2D eigenvalue weighted by Gasteiger charge is -2.39. The number of hydrogen-bond donors (Lipinski definition) is 2. The third kappa shape index (κ3) is 3.01. The molecule has 0 heterocycles. The molecule has 0 bridgehead atoms. The van der Waals surface area contributed by atoms with Crippen molar-refractivity contribution in [3.8, 4) is 0 Å². The number of fused-ring (bicyclic) bond motifs is 1. The quantitative estimate of drug-likeness (QED) is 0.821. The molecule has 2 rings (SSSR count). The van der Waals surface area contributed by atoms with Crippen LogP contribution in [0.3, 0.4) is 0 Å². The first kappa shape index (κ1) is 16.1. The monoisotopic (exact) mass is 297 g/mol. The second-order valence-corrected chi connectivity index (χ2v) is 8.41. The number of alkyl carbamates (subject to hydrolysis) is 1. The molecule has 2 fully saturated rings. The second kappa shape index (κ2) is 4.62. The number of aliphatic carboxylic acids is 1. The van der Waals surface area contributed by atoms with Crippen LogP contribution in [0.15, 0.2) is 0 Å². The van der Waals surface area contributed by atoms with Gasteiger partial charge in [-0.05, 0) is 57.8 Å². The molecule has 1 amide bonds. The number of nitrogens with one attached hydrogen (secondary N) is 1. The van der Waals surface area contributed by atoms with Crippen molar-refractivity contribution in [2.75, 3.05) is 0 Å². The van der Waals surface area contributed by atoms with E-state index in [9.17, 15) is 14.7 Å². The van der Waals surface area contributed by atoms with Crippen LogP contribution in [0.5, 0.6) is 0 Å². The summed E-state index contributed by atoms with van der Waals surface area (Å²) in [4.78, 5) is 23.7. The fraction of sp³-hybridized carbons (Fsp3) is 0.875. The van der Waals surface area contributed by atoms with Crippen molar-refractivity contribution in [2.45, 2.75) is 65.5 Å². The summed E-state index contributed by atoms with van der Waals surface area (Å²) >= 11 is 0. The average molecular weight is 297 g/mol. The summed E-state index contributed by atoms with van der Waals surface area (Å²) in [5.41, 5.74) is -1.15. The van der Waals surface area contributed by atoms with Crippen LogP contribution in [-0.2, 0) is 9.53 Å². The predicted octanol–water partition coefficient (Wildman–Crippen LogP) is 3.04. The fourth-order valence-electron chi connectivity index (χ4n) is 3.89. The first-order chi connectivity index (χ1) is 9.37. The van der Waals surface area contributed by atoms with Gasteiger partial charge in [-0.1, -0.05) is 13.8 Å². The van der Waals surface area contributed by atoms with Crippen LogP contribution < -0.4 is 5.32 Å². The molecule has 0 spiro atoms. The Morgan fingerprint density at radius 3 is 2.24 bits per heavy atom. The van der Waals surface area contributed by atoms with Crippen LogP contribution in [-0.4, -0.2) is 28.3 Å². The summed E-state index contributed by atoms with van der Waals surface area (Å²) in [6, 6.07) is 0. The average Bonchev–Trinajstić information content (AvgIpc) is 2.74. The molecule has 2 N–H and O–H groups in total. The van der Waals surface area contributed by atoms with E-state index in [0.29, 0.717) is 24.7 Å². The van der Waals surface area contributed by atoms with E-state index < -0.39 is 29.1 Å². The summed E-state index contributed by atoms with van der Waals surface area (Å²) in [6.07, 6.45) is 0.786. The number of carbonyl (C=O) groups excluding carboxylic acids is 1. The van der Waals surface area contributed by atoms with Crippen LogP contribution in [0, 0.1) is 23.2 Å². The zero-order valence-electron chi connectivity index (χ0n) is 13.8. The van der Waals surface area contributed by atoms with Gasteiger partial charge in [-0.15, -0.1) is 0 Å². The fourth-order valence-corrected chi connectivity index (χ4v) is 3.89. The Morgan fingerprint density at radius 1 is 1.19 bits per heavy atom. The summed E-state index contributed by atoms with van der Waals surface area (Å²) in [6.45, 7) is 11.6. The summed E-state index contributed by atoms with van der Waals surface area (Å²) in [5.74, 6) is -0.470. The van der Waals surface area contributed by atoms with Crippen molar-refractivity contribution in [3.05, 3.63) is 0 Å². The molecule has 0 aromatic carbocycles. The number of carboxylic acid groups (broad SMARTS) is 1. The van der Waals surface area contributed by atoms with E-state index in [0.717, 1.165) is 0 Å². The molecule has 0 aromatic heterocycles. The Labute approximate surface area is 126 Å². The maximum absolute atomic E-state index is 12.1. The van der Waals surface area contributed by atoms with E-state index in [1.165, 1.54) is 0 Å². The number of carboxylic acids is 1. The third-order valence-corrected chi connectivity index (χ3v) is 5.28. The maximum Gasteiger partial charge on any atom is 0.408 e. The molecule has 1 unspecified atom stereocenters. The highest BCUT2D eigenvalue weighted by Gasteiger charge is 2.65. The van der Waals surface area contributed by atoms with Crippen LogP contribution in [0.1, 0.15) is 54.4 Å². The Kier molecular flexibility index (Phi) is 3.54. The van der Waals surface area contributed by atoms with E-state index in [1.807, 2.05) is 6.92 Å². The minimum absolute atomic E-state index is 0.182. The molecule has 2 aliphatic carbocycles. The molecule has 21 heavy (non-hydrogen) atoms.